The highest BCUT2D eigenvalue weighted by molar-refractivity contribution is 7.99. The van der Waals surface area contributed by atoms with Gasteiger partial charge in [0.15, 0.2) is 0 Å². The highest BCUT2D eigenvalue weighted by atomic mass is 32.2. The lowest BCUT2D eigenvalue weighted by Crippen LogP contribution is -2.26. The molecular formula is C12H24N4S. The van der Waals surface area contributed by atoms with Gasteiger partial charge in [-0.1, -0.05) is 26.0 Å². The molecule has 1 heterocycles. The van der Waals surface area contributed by atoms with E-state index in [0.29, 0.717) is 6.04 Å². The first-order chi connectivity index (χ1) is 8.33. The van der Waals surface area contributed by atoms with E-state index < -0.39 is 0 Å². The molecule has 4 nitrogen and oxygen atoms in total. The molecule has 0 aliphatic carbocycles. The summed E-state index contributed by atoms with van der Waals surface area (Å²) in [4.78, 5) is 0. The molecule has 0 saturated heterocycles. The Morgan fingerprint density at radius 3 is 2.82 bits per heavy atom. The number of hydrogen-bond acceptors (Lipinski definition) is 4. The second-order valence-corrected chi connectivity index (χ2v) is 5.22. The van der Waals surface area contributed by atoms with Crippen LogP contribution in [0.1, 0.15) is 45.3 Å². The van der Waals surface area contributed by atoms with Crippen molar-refractivity contribution >= 4 is 11.8 Å². The minimum absolute atomic E-state index is 0.373. The quantitative estimate of drug-likeness (QED) is 0.689. The third-order valence-corrected chi connectivity index (χ3v) is 3.79. The summed E-state index contributed by atoms with van der Waals surface area (Å²) in [6.45, 7) is 8.47. The average Bonchev–Trinajstić information content (AvgIpc) is 2.77. The van der Waals surface area contributed by atoms with Gasteiger partial charge in [0.2, 0.25) is 0 Å². The van der Waals surface area contributed by atoms with Gasteiger partial charge >= 0.3 is 0 Å². The molecule has 1 unspecified atom stereocenters. The second kappa shape index (κ2) is 8.53. The Morgan fingerprint density at radius 1 is 1.35 bits per heavy atom. The zero-order chi connectivity index (χ0) is 12.5. The Labute approximate surface area is 109 Å². The molecule has 1 aromatic heterocycles. The summed E-state index contributed by atoms with van der Waals surface area (Å²) in [7, 11) is 0. The minimum Gasteiger partial charge on any atom is -0.308 e. The van der Waals surface area contributed by atoms with Gasteiger partial charge < -0.3 is 5.32 Å². The Balaban J connectivity index is 2.63. The third-order valence-electron chi connectivity index (χ3n) is 2.52. The second-order valence-electron chi connectivity index (χ2n) is 4.07. The molecule has 1 rings (SSSR count). The van der Waals surface area contributed by atoms with E-state index in [1.165, 1.54) is 17.9 Å². The molecule has 0 radical (unpaired) electrons. The van der Waals surface area contributed by atoms with E-state index in [1.54, 1.807) is 0 Å². The van der Waals surface area contributed by atoms with Crippen molar-refractivity contribution < 1.29 is 0 Å². The van der Waals surface area contributed by atoms with Crippen LogP contribution in [-0.2, 0) is 6.54 Å². The summed E-state index contributed by atoms with van der Waals surface area (Å²) in [5.41, 5.74) is 1.22. The number of aryl methyl sites for hydroxylation is 1. The molecule has 0 amide bonds. The maximum absolute atomic E-state index is 4.15. The molecule has 0 fully saturated rings. The maximum Gasteiger partial charge on any atom is 0.0764 e. The standard InChI is InChI=1S/C12H24N4S/c1-4-7-16-12(9-14-15-16)11(13-6-3)10-17-8-5-2/h9,11,13H,4-8,10H2,1-3H3. The van der Waals surface area contributed by atoms with E-state index in [9.17, 15) is 0 Å². The highest BCUT2D eigenvalue weighted by Gasteiger charge is 2.15. The number of thioether (sulfide) groups is 1. The van der Waals surface area contributed by atoms with Crippen LogP contribution in [0.5, 0.6) is 0 Å². The smallest absolute Gasteiger partial charge is 0.0764 e. The summed E-state index contributed by atoms with van der Waals surface area (Å²) < 4.78 is 2.03. The largest absolute Gasteiger partial charge is 0.308 e. The molecule has 0 aliphatic heterocycles. The predicted octanol–water partition coefficient (Wildman–Crippen LogP) is 2.48. The summed E-state index contributed by atoms with van der Waals surface area (Å²) in [6.07, 6.45) is 4.22. The number of aromatic nitrogens is 3. The monoisotopic (exact) mass is 256 g/mol. The number of nitrogens with one attached hydrogen (secondary N) is 1. The predicted molar refractivity (Wildman–Crippen MR) is 74.3 cm³/mol. The molecule has 98 valence electrons. The van der Waals surface area contributed by atoms with Gasteiger partial charge in [-0.3, -0.25) is 0 Å². The lowest BCUT2D eigenvalue weighted by atomic mass is 10.2. The molecule has 1 N–H and O–H groups in total. The van der Waals surface area contributed by atoms with Crippen LogP contribution in [0.15, 0.2) is 6.20 Å². The van der Waals surface area contributed by atoms with Gasteiger partial charge in [-0.2, -0.15) is 11.8 Å². The van der Waals surface area contributed by atoms with E-state index in [-0.39, 0.29) is 0 Å². The van der Waals surface area contributed by atoms with Crippen LogP contribution in [0, 0.1) is 0 Å². The number of hydrogen-bond donors (Lipinski definition) is 1. The Kier molecular flexibility index (Phi) is 7.28. The first-order valence-corrected chi connectivity index (χ1v) is 7.68. The molecule has 5 heteroatoms. The fourth-order valence-corrected chi connectivity index (χ4v) is 2.74. The first kappa shape index (κ1) is 14.5. The minimum atomic E-state index is 0.373. The molecule has 0 aromatic carbocycles. The first-order valence-electron chi connectivity index (χ1n) is 6.52. The Morgan fingerprint density at radius 2 is 2.18 bits per heavy atom. The zero-order valence-electron chi connectivity index (χ0n) is 11.1. The van der Waals surface area contributed by atoms with E-state index in [4.69, 9.17) is 0 Å². The molecule has 1 aromatic rings. The number of nitrogens with zero attached hydrogens (tertiary/aromatic N) is 3. The summed E-state index contributed by atoms with van der Waals surface area (Å²) in [5.74, 6) is 2.32. The SMILES string of the molecule is CCCSCC(NCC)c1cnnn1CCC. The molecular weight excluding hydrogens is 232 g/mol. The van der Waals surface area contributed by atoms with Crippen LogP contribution in [-0.4, -0.2) is 33.0 Å². The van der Waals surface area contributed by atoms with Gasteiger partial charge in [-0.15, -0.1) is 5.10 Å². The van der Waals surface area contributed by atoms with E-state index in [0.717, 1.165) is 25.3 Å². The van der Waals surface area contributed by atoms with Crippen molar-refractivity contribution in [1.29, 1.82) is 0 Å². The van der Waals surface area contributed by atoms with Gasteiger partial charge in [0.1, 0.15) is 0 Å². The molecule has 0 spiro atoms. The Bertz CT molecular complexity index is 300. The van der Waals surface area contributed by atoms with Crippen molar-refractivity contribution in [2.24, 2.45) is 0 Å². The lowest BCUT2D eigenvalue weighted by molar-refractivity contribution is 0.501. The molecule has 0 aliphatic rings. The van der Waals surface area contributed by atoms with Gasteiger partial charge in [-0.25, -0.2) is 4.68 Å². The van der Waals surface area contributed by atoms with Crippen molar-refractivity contribution in [2.45, 2.75) is 46.2 Å². The van der Waals surface area contributed by atoms with Crippen molar-refractivity contribution in [3.8, 4) is 0 Å². The van der Waals surface area contributed by atoms with Crippen molar-refractivity contribution in [3.05, 3.63) is 11.9 Å². The molecule has 0 saturated carbocycles. The van der Waals surface area contributed by atoms with Crippen molar-refractivity contribution in [3.63, 3.8) is 0 Å². The van der Waals surface area contributed by atoms with Crippen LogP contribution >= 0.6 is 11.8 Å². The maximum atomic E-state index is 4.15. The molecule has 17 heavy (non-hydrogen) atoms. The van der Waals surface area contributed by atoms with Gasteiger partial charge in [0.05, 0.1) is 17.9 Å². The van der Waals surface area contributed by atoms with Gasteiger partial charge in [0.25, 0.3) is 0 Å². The van der Waals surface area contributed by atoms with Crippen LogP contribution < -0.4 is 5.32 Å². The lowest BCUT2D eigenvalue weighted by Gasteiger charge is -2.18. The van der Waals surface area contributed by atoms with E-state index in [1.807, 2.05) is 22.6 Å². The van der Waals surface area contributed by atoms with Crippen LogP contribution in [0.3, 0.4) is 0 Å². The van der Waals surface area contributed by atoms with Crippen molar-refractivity contribution in [1.82, 2.24) is 20.3 Å². The fraction of sp³-hybridized carbons (Fsp3) is 0.833. The topological polar surface area (TPSA) is 42.7 Å². The van der Waals surface area contributed by atoms with E-state index in [2.05, 4.69) is 36.4 Å². The van der Waals surface area contributed by atoms with Gasteiger partial charge in [-0.05, 0) is 25.1 Å². The van der Waals surface area contributed by atoms with Crippen molar-refractivity contribution in [2.75, 3.05) is 18.1 Å². The summed E-state index contributed by atoms with van der Waals surface area (Å²) >= 11 is 1.99. The van der Waals surface area contributed by atoms with Crippen LogP contribution in [0.4, 0.5) is 0 Å². The number of rotatable bonds is 9. The average molecular weight is 256 g/mol. The zero-order valence-corrected chi connectivity index (χ0v) is 12.0. The third kappa shape index (κ3) is 4.68. The van der Waals surface area contributed by atoms with E-state index >= 15 is 0 Å². The molecule has 0 bridgehead atoms. The highest BCUT2D eigenvalue weighted by Crippen LogP contribution is 2.18. The normalized spacial score (nSPS) is 12.9. The fourth-order valence-electron chi connectivity index (χ4n) is 1.76. The van der Waals surface area contributed by atoms with Crippen LogP contribution in [0.2, 0.25) is 0 Å². The summed E-state index contributed by atoms with van der Waals surface area (Å²) in [5, 5.41) is 11.7. The summed E-state index contributed by atoms with van der Waals surface area (Å²) in [6, 6.07) is 0.373. The van der Waals surface area contributed by atoms with Crippen LogP contribution in [0.25, 0.3) is 0 Å². The molecule has 1 atom stereocenters. The van der Waals surface area contributed by atoms with Gasteiger partial charge in [0, 0.05) is 12.3 Å². The Hall–Kier alpha value is -0.550.